The van der Waals surface area contributed by atoms with Crippen molar-refractivity contribution in [3.8, 4) is 0 Å². The molecule has 3 nitrogen and oxygen atoms in total. The van der Waals surface area contributed by atoms with Crippen LogP contribution in [0, 0.1) is 0 Å². The Morgan fingerprint density at radius 1 is 1.42 bits per heavy atom. The summed E-state index contributed by atoms with van der Waals surface area (Å²) in [4.78, 5) is 7.90. The van der Waals surface area contributed by atoms with Crippen molar-refractivity contribution in [3.05, 3.63) is 24.3 Å². The number of nitrogens with zero attached hydrogens (tertiary/aromatic N) is 2. The van der Waals surface area contributed by atoms with Crippen LogP contribution in [0.3, 0.4) is 0 Å². The maximum absolute atomic E-state index is 4.08. The molecule has 0 fully saturated rings. The Labute approximate surface area is 84.8 Å². The quantitative estimate of drug-likeness (QED) is 0.805. The van der Waals surface area contributed by atoms with Crippen LogP contribution in [0.5, 0.6) is 0 Å². The van der Waals surface area contributed by atoms with E-state index in [9.17, 15) is 0 Å². The highest BCUT2D eigenvalue weighted by Crippen LogP contribution is 2.04. The van der Waals surface area contributed by atoms with Gasteiger partial charge >= 0.3 is 0 Å². The molecule has 0 amide bonds. The van der Waals surface area contributed by atoms with Crippen molar-refractivity contribution >= 4 is 24.8 Å². The van der Waals surface area contributed by atoms with Crippen molar-refractivity contribution in [2.45, 2.75) is 13.0 Å². The Hall–Kier alpha value is -0.380. The first-order chi connectivity index (χ1) is 4.84. The molecule has 0 aliphatic carbocycles. The summed E-state index contributed by atoms with van der Waals surface area (Å²) in [6.45, 7) is 2.06. The summed E-state index contributed by atoms with van der Waals surface area (Å²) in [5.74, 6) is 0. The smallest absolute Gasteiger partial charge is 0.115 e. The molecule has 0 aromatic carbocycles. The molecule has 1 atom stereocenters. The molecule has 12 heavy (non-hydrogen) atoms. The van der Waals surface area contributed by atoms with Crippen LogP contribution in [0.1, 0.15) is 18.7 Å². The van der Waals surface area contributed by atoms with Crippen LogP contribution in [-0.4, -0.2) is 17.0 Å². The lowest BCUT2D eigenvalue weighted by Crippen LogP contribution is -2.13. The Bertz CT molecular complexity index is 193. The number of nitrogens with one attached hydrogen (secondary N) is 1. The van der Waals surface area contributed by atoms with E-state index >= 15 is 0 Å². The molecule has 5 heteroatoms. The van der Waals surface area contributed by atoms with E-state index in [0.29, 0.717) is 6.04 Å². The second kappa shape index (κ2) is 7.28. The third kappa shape index (κ3) is 3.85. The largest absolute Gasteiger partial charge is 0.312 e. The lowest BCUT2D eigenvalue weighted by Gasteiger charge is -2.06. The zero-order valence-corrected chi connectivity index (χ0v) is 8.65. The predicted molar refractivity (Wildman–Crippen MR) is 54.0 cm³/mol. The summed E-state index contributed by atoms with van der Waals surface area (Å²) in [7, 11) is 1.91. The standard InChI is InChI=1S/C7H11N3.2ClH/c1-6(8-2)7-3-4-9-5-10-7;;/h3-6,8H,1-2H3;2*1H. The topological polar surface area (TPSA) is 37.8 Å². The van der Waals surface area contributed by atoms with Gasteiger partial charge in [-0.3, -0.25) is 0 Å². The Balaban J connectivity index is 0. The van der Waals surface area contributed by atoms with Gasteiger partial charge in [0.1, 0.15) is 6.33 Å². The molecule has 0 aliphatic rings. The van der Waals surface area contributed by atoms with E-state index in [2.05, 4.69) is 22.2 Å². The molecule has 1 N–H and O–H groups in total. The number of halogens is 2. The first-order valence-electron chi connectivity index (χ1n) is 3.27. The van der Waals surface area contributed by atoms with Gasteiger partial charge in [0.25, 0.3) is 0 Å². The van der Waals surface area contributed by atoms with Crippen LogP contribution in [0.2, 0.25) is 0 Å². The van der Waals surface area contributed by atoms with Crippen molar-refractivity contribution in [2.75, 3.05) is 7.05 Å². The molecule has 0 radical (unpaired) electrons. The molecule has 1 unspecified atom stereocenters. The highest BCUT2D eigenvalue weighted by molar-refractivity contribution is 5.85. The fourth-order valence-corrected chi connectivity index (χ4v) is 0.705. The summed E-state index contributed by atoms with van der Waals surface area (Å²) < 4.78 is 0. The molecule has 0 saturated heterocycles. The summed E-state index contributed by atoms with van der Waals surface area (Å²) in [5, 5.41) is 3.09. The van der Waals surface area contributed by atoms with Gasteiger partial charge in [-0.15, -0.1) is 24.8 Å². The fourth-order valence-electron chi connectivity index (χ4n) is 0.705. The number of rotatable bonds is 2. The highest BCUT2D eigenvalue weighted by Gasteiger charge is 2.00. The average Bonchev–Trinajstić information content (AvgIpc) is 2.05. The van der Waals surface area contributed by atoms with Crippen molar-refractivity contribution in [3.63, 3.8) is 0 Å². The van der Waals surface area contributed by atoms with Crippen LogP contribution in [0.15, 0.2) is 18.6 Å². The van der Waals surface area contributed by atoms with E-state index in [1.807, 2.05) is 13.1 Å². The van der Waals surface area contributed by atoms with Crippen LogP contribution in [0.4, 0.5) is 0 Å². The third-order valence-corrected chi connectivity index (χ3v) is 1.48. The second-order valence-corrected chi connectivity index (χ2v) is 2.14. The minimum Gasteiger partial charge on any atom is -0.312 e. The molecular formula is C7H13Cl2N3. The van der Waals surface area contributed by atoms with E-state index in [-0.39, 0.29) is 24.8 Å². The van der Waals surface area contributed by atoms with Gasteiger partial charge < -0.3 is 5.32 Å². The van der Waals surface area contributed by atoms with Gasteiger partial charge in [-0.2, -0.15) is 0 Å². The van der Waals surface area contributed by atoms with Gasteiger partial charge in [0.05, 0.1) is 5.69 Å². The number of hydrogen-bond acceptors (Lipinski definition) is 3. The number of aromatic nitrogens is 2. The average molecular weight is 210 g/mol. The Morgan fingerprint density at radius 2 is 2.08 bits per heavy atom. The Morgan fingerprint density at radius 3 is 2.50 bits per heavy atom. The zero-order valence-electron chi connectivity index (χ0n) is 7.02. The van der Waals surface area contributed by atoms with Crippen LogP contribution in [-0.2, 0) is 0 Å². The minimum absolute atomic E-state index is 0. The normalized spacial score (nSPS) is 10.8. The number of hydrogen-bond donors (Lipinski definition) is 1. The van der Waals surface area contributed by atoms with Crippen LogP contribution >= 0.6 is 24.8 Å². The van der Waals surface area contributed by atoms with Gasteiger partial charge in [-0.05, 0) is 20.0 Å². The summed E-state index contributed by atoms with van der Waals surface area (Å²) in [6.07, 6.45) is 3.30. The van der Waals surface area contributed by atoms with Gasteiger partial charge in [0.2, 0.25) is 0 Å². The van der Waals surface area contributed by atoms with Gasteiger partial charge in [-0.1, -0.05) is 0 Å². The maximum Gasteiger partial charge on any atom is 0.115 e. The van der Waals surface area contributed by atoms with Crippen molar-refractivity contribution < 1.29 is 0 Å². The van der Waals surface area contributed by atoms with Crippen molar-refractivity contribution in [2.24, 2.45) is 0 Å². The molecule has 0 saturated carbocycles. The fraction of sp³-hybridized carbons (Fsp3) is 0.429. The predicted octanol–water partition coefficient (Wildman–Crippen LogP) is 1.60. The third-order valence-electron chi connectivity index (χ3n) is 1.48. The minimum atomic E-state index is 0. The molecule has 1 aromatic rings. The van der Waals surface area contributed by atoms with Crippen molar-refractivity contribution in [1.29, 1.82) is 0 Å². The zero-order chi connectivity index (χ0) is 7.40. The second-order valence-electron chi connectivity index (χ2n) is 2.14. The first-order valence-corrected chi connectivity index (χ1v) is 3.27. The lowest BCUT2D eigenvalue weighted by molar-refractivity contribution is 0.630. The maximum atomic E-state index is 4.08. The van der Waals surface area contributed by atoms with Gasteiger partial charge in [0.15, 0.2) is 0 Å². The monoisotopic (exact) mass is 209 g/mol. The van der Waals surface area contributed by atoms with E-state index in [4.69, 9.17) is 0 Å². The van der Waals surface area contributed by atoms with E-state index < -0.39 is 0 Å². The molecule has 1 heterocycles. The van der Waals surface area contributed by atoms with Crippen LogP contribution in [0.25, 0.3) is 0 Å². The SMILES string of the molecule is CNC(C)c1ccncn1.Cl.Cl. The summed E-state index contributed by atoms with van der Waals surface area (Å²) >= 11 is 0. The Kier molecular flexibility index (Phi) is 8.59. The molecule has 1 aromatic heterocycles. The summed E-state index contributed by atoms with van der Waals surface area (Å²) in [6, 6.07) is 2.21. The molecule has 0 aliphatic heterocycles. The molecule has 0 bridgehead atoms. The van der Waals surface area contributed by atoms with Gasteiger partial charge in [-0.25, -0.2) is 9.97 Å². The van der Waals surface area contributed by atoms with Crippen LogP contribution < -0.4 is 5.32 Å². The lowest BCUT2D eigenvalue weighted by atomic mass is 10.2. The summed E-state index contributed by atoms with van der Waals surface area (Å²) in [5.41, 5.74) is 1.03. The van der Waals surface area contributed by atoms with E-state index in [0.717, 1.165) is 5.69 Å². The van der Waals surface area contributed by atoms with E-state index in [1.165, 1.54) is 0 Å². The molecule has 70 valence electrons. The molecular weight excluding hydrogens is 197 g/mol. The van der Waals surface area contributed by atoms with Crippen molar-refractivity contribution in [1.82, 2.24) is 15.3 Å². The van der Waals surface area contributed by atoms with E-state index in [1.54, 1.807) is 12.5 Å². The highest BCUT2D eigenvalue weighted by atomic mass is 35.5. The first kappa shape index (κ1) is 14.2. The molecule has 0 spiro atoms. The van der Waals surface area contributed by atoms with Gasteiger partial charge in [0, 0.05) is 12.2 Å². The molecule has 1 rings (SSSR count).